The van der Waals surface area contributed by atoms with Gasteiger partial charge < -0.3 is 5.32 Å². The van der Waals surface area contributed by atoms with E-state index in [9.17, 15) is 4.79 Å². The monoisotopic (exact) mass is 255 g/mol. The molecule has 0 unspecified atom stereocenters. The Hall–Kier alpha value is -2.59. The van der Waals surface area contributed by atoms with Crippen molar-refractivity contribution < 1.29 is 4.79 Å². The Labute approximate surface area is 110 Å². The van der Waals surface area contributed by atoms with Gasteiger partial charge in [-0.3, -0.25) is 9.78 Å². The lowest BCUT2D eigenvalue weighted by Crippen LogP contribution is -2.24. The molecule has 1 aromatic carbocycles. The molecular weight excluding hydrogens is 242 g/mol. The van der Waals surface area contributed by atoms with Crippen LogP contribution in [0, 0.1) is 0 Å². The maximum Gasteiger partial charge on any atom is 0.251 e. The molecule has 0 bridgehead atoms. The van der Waals surface area contributed by atoms with Gasteiger partial charge in [0.1, 0.15) is 0 Å². The van der Waals surface area contributed by atoms with Crippen LogP contribution in [0.1, 0.15) is 16.8 Å². The smallest absolute Gasteiger partial charge is 0.251 e. The minimum Gasteiger partial charge on any atom is -0.352 e. The maximum absolute atomic E-state index is 11.9. The lowest BCUT2D eigenvalue weighted by Gasteiger charge is -2.05. The van der Waals surface area contributed by atoms with Crippen LogP contribution in [0.3, 0.4) is 0 Å². The van der Waals surface area contributed by atoms with Gasteiger partial charge in [0.25, 0.3) is 5.91 Å². The summed E-state index contributed by atoms with van der Waals surface area (Å²) in [6, 6.07) is 9.14. The van der Waals surface area contributed by atoms with Gasteiger partial charge in [0.15, 0.2) is 0 Å². The number of benzene rings is 1. The SMILES string of the molecule is [N-]=[N+]=NCCCNC(=O)c1ccc2ncccc2c1. The topological polar surface area (TPSA) is 90.8 Å². The van der Waals surface area contributed by atoms with Gasteiger partial charge in [-0.1, -0.05) is 11.2 Å². The third kappa shape index (κ3) is 3.43. The highest BCUT2D eigenvalue weighted by atomic mass is 16.1. The summed E-state index contributed by atoms with van der Waals surface area (Å²) in [5, 5.41) is 7.12. The van der Waals surface area contributed by atoms with E-state index in [0.29, 0.717) is 25.1 Å². The Morgan fingerprint density at radius 1 is 1.42 bits per heavy atom. The van der Waals surface area contributed by atoms with Crippen molar-refractivity contribution in [3.8, 4) is 0 Å². The number of hydrogen-bond donors (Lipinski definition) is 1. The van der Waals surface area contributed by atoms with Crippen molar-refractivity contribution in [3.63, 3.8) is 0 Å². The summed E-state index contributed by atoms with van der Waals surface area (Å²) >= 11 is 0. The number of azide groups is 1. The van der Waals surface area contributed by atoms with Crippen molar-refractivity contribution in [3.05, 3.63) is 52.5 Å². The van der Waals surface area contributed by atoms with Gasteiger partial charge in [-0.05, 0) is 36.2 Å². The van der Waals surface area contributed by atoms with Crippen molar-refractivity contribution in [1.29, 1.82) is 0 Å². The summed E-state index contributed by atoms with van der Waals surface area (Å²) in [7, 11) is 0. The molecule has 1 amide bonds. The second-order valence-electron chi connectivity index (χ2n) is 3.97. The highest BCUT2D eigenvalue weighted by Crippen LogP contribution is 2.13. The van der Waals surface area contributed by atoms with E-state index in [1.807, 2.05) is 24.3 Å². The van der Waals surface area contributed by atoms with E-state index >= 15 is 0 Å². The number of hydrogen-bond acceptors (Lipinski definition) is 3. The Morgan fingerprint density at radius 3 is 3.16 bits per heavy atom. The lowest BCUT2D eigenvalue weighted by molar-refractivity contribution is 0.0953. The van der Waals surface area contributed by atoms with Gasteiger partial charge in [0, 0.05) is 35.1 Å². The number of amides is 1. The molecule has 2 rings (SSSR count). The summed E-state index contributed by atoms with van der Waals surface area (Å²) < 4.78 is 0. The quantitative estimate of drug-likeness (QED) is 0.385. The average molecular weight is 255 g/mol. The van der Waals surface area contributed by atoms with Gasteiger partial charge in [-0.15, -0.1) is 0 Å². The second-order valence-corrected chi connectivity index (χ2v) is 3.97. The predicted octanol–water partition coefficient (Wildman–Crippen LogP) is 2.67. The van der Waals surface area contributed by atoms with Crippen molar-refractivity contribution in [2.75, 3.05) is 13.1 Å². The number of carbonyl (C=O) groups excluding carboxylic acids is 1. The van der Waals surface area contributed by atoms with Crippen LogP contribution in [-0.2, 0) is 0 Å². The molecule has 1 aromatic heterocycles. The average Bonchev–Trinajstić information content (AvgIpc) is 2.46. The fourth-order valence-electron chi connectivity index (χ4n) is 1.72. The Bertz CT molecular complexity index is 634. The highest BCUT2D eigenvalue weighted by molar-refractivity contribution is 5.97. The third-order valence-corrected chi connectivity index (χ3v) is 2.65. The largest absolute Gasteiger partial charge is 0.352 e. The zero-order valence-corrected chi connectivity index (χ0v) is 10.3. The van der Waals surface area contributed by atoms with Crippen LogP contribution < -0.4 is 5.32 Å². The summed E-state index contributed by atoms with van der Waals surface area (Å²) in [4.78, 5) is 18.7. The number of aromatic nitrogens is 1. The Morgan fingerprint density at radius 2 is 2.32 bits per heavy atom. The molecule has 0 aliphatic heterocycles. The molecule has 6 heteroatoms. The summed E-state index contributed by atoms with van der Waals surface area (Å²) in [5.41, 5.74) is 9.58. The number of nitrogens with zero attached hydrogens (tertiary/aromatic N) is 4. The van der Waals surface area contributed by atoms with E-state index in [-0.39, 0.29) is 5.91 Å². The first-order chi connectivity index (χ1) is 9.31. The predicted molar refractivity (Wildman–Crippen MR) is 72.7 cm³/mol. The number of carbonyl (C=O) groups is 1. The molecule has 1 heterocycles. The van der Waals surface area contributed by atoms with Crippen LogP contribution in [0.25, 0.3) is 21.3 Å². The molecule has 0 spiro atoms. The maximum atomic E-state index is 11.9. The molecule has 6 nitrogen and oxygen atoms in total. The second kappa shape index (κ2) is 6.37. The molecule has 19 heavy (non-hydrogen) atoms. The molecule has 0 fully saturated rings. The molecule has 1 N–H and O–H groups in total. The minimum absolute atomic E-state index is 0.133. The van der Waals surface area contributed by atoms with Crippen molar-refractivity contribution in [2.24, 2.45) is 5.11 Å². The number of nitrogens with one attached hydrogen (secondary N) is 1. The zero-order valence-electron chi connectivity index (χ0n) is 10.3. The standard InChI is InChI=1S/C13H13N5O/c14-18-17-8-2-7-16-13(19)11-4-5-12-10(9-11)3-1-6-15-12/h1,3-6,9H,2,7-8H2,(H,16,19). The highest BCUT2D eigenvalue weighted by Gasteiger charge is 2.05. The van der Waals surface area contributed by atoms with Crippen LogP contribution in [-0.4, -0.2) is 24.0 Å². The van der Waals surface area contributed by atoms with Crippen molar-refractivity contribution >= 4 is 16.8 Å². The van der Waals surface area contributed by atoms with E-state index in [4.69, 9.17) is 5.53 Å². The normalized spacial score (nSPS) is 9.89. The Kier molecular flexibility index (Phi) is 4.31. The van der Waals surface area contributed by atoms with Gasteiger partial charge in [0.05, 0.1) is 5.52 Å². The number of pyridine rings is 1. The fraction of sp³-hybridized carbons (Fsp3) is 0.231. The van der Waals surface area contributed by atoms with Gasteiger partial charge in [-0.25, -0.2) is 0 Å². The van der Waals surface area contributed by atoms with E-state index in [0.717, 1.165) is 10.9 Å². The van der Waals surface area contributed by atoms with Crippen molar-refractivity contribution in [2.45, 2.75) is 6.42 Å². The van der Waals surface area contributed by atoms with E-state index in [1.54, 1.807) is 12.3 Å². The molecule has 96 valence electrons. The molecule has 0 atom stereocenters. The van der Waals surface area contributed by atoms with Gasteiger partial charge in [0.2, 0.25) is 0 Å². The van der Waals surface area contributed by atoms with Gasteiger partial charge >= 0.3 is 0 Å². The van der Waals surface area contributed by atoms with Crippen LogP contribution in [0.5, 0.6) is 0 Å². The van der Waals surface area contributed by atoms with E-state index in [2.05, 4.69) is 20.3 Å². The molecule has 0 saturated heterocycles. The molecular formula is C13H13N5O. The first kappa shape index (κ1) is 12.9. The van der Waals surface area contributed by atoms with E-state index in [1.165, 1.54) is 0 Å². The Balaban J connectivity index is 1.99. The molecule has 2 aromatic rings. The van der Waals surface area contributed by atoms with Crippen LogP contribution in [0.4, 0.5) is 0 Å². The molecule has 0 saturated carbocycles. The van der Waals surface area contributed by atoms with Crippen LogP contribution in [0.15, 0.2) is 41.6 Å². The molecule has 0 aliphatic carbocycles. The number of rotatable bonds is 5. The minimum atomic E-state index is -0.133. The first-order valence-corrected chi connectivity index (χ1v) is 5.95. The van der Waals surface area contributed by atoms with Crippen LogP contribution >= 0.6 is 0 Å². The first-order valence-electron chi connectivity index (χ1n) is 5.95. The van der Waals surface area contributed by atoms with E-state index < -0.39 is 0 Å². The van der Waals surface area contributed by atoms with Gasteiger partial charge in [-0.2, -0.15) is 0 Å². The van der Waals surface area contributed by atoms with Crippen LogP contribution in [0.2, 0.25) is 0 Å². The number of fused-ring (bicyclic) bond motifs is 1. The fourth-order valence-corrected chi connectivity index (χ4v) is 1.72. The summed E-state index contributed by atoms with van der Waals surface area (Å²) in [6.07, 6.45) is 2.35. The molecule has 0 aliphatic rings. The van der Waals surface area contributed by atoms with Crippen molar-refractivity contribution in [1.82, 2.24) is 10.3 Å². The third-order valence-electron chi connectivity index (χ3n) is 2.65. The zero-order chi connectivity index (χ0) is 13.5. The summed E-state index contributed by atoms with van der Waals surface area (Å²) in [5.74, 6) is -0.133. The lowest BCUT2D eigenvalue weighted by atomic mass is 10.1. The summed E-state index contributed by atoms with van der Waals surface area (Å²) in [6.45, 7) is 0.876. The molecule has 0 radical (unpaired) electrons.